The van der Waals surface area contributed by atoms with Gasteiger partial charge in [-0.1, -0.05) is 0 Å². The quantitative estimate of drug-likeness (QED) is 0.799. The van der Waals surface area contributed by atoms with E-state index in [0.29, 0.717) is 14.1 Å². The van der Waals surface area contributed by atoms with Crippen LogP contribution in [0, 0.1) is 11.6 Å². The predicted molar refractivity (Wildman–Crippen MR) is 53.8 cm³/mol. The van der Waals surface area contributed by atoms with Crippen LogP contribution in [-0.4, -0.2) is 12.1 Å². The van der Waals surface area contributed by atoms with Gasteiger partial charge in [0.05, 0.1) is 11.8 Å². The van der Waals surface area contributed by atoms with Gasteiger partial charge in [0.1, 0.15) is 5.52 Å². The molecule has 0 fully saturated rings. The van der Waals surface area contributed by atoms with E-state index in [4.69, 9.17) is 4.74 Å². The van der Waals surface area contributed by atoms with Crippen molar-refractivity contribution < 1.29 is 13.5 Å². The minimum Gasteiger partial charge on any atom is -0.491 e. The first-order valence-corrected chi connectivity index (χ1v) is 5.22. The summed E-state index contributed by atoms with van der Waals surface area (Å²) in [5, 5.41) is 0. The van der Waals surface area contributed by atoms with Gasteiger partial charge < -0.3 is 4.74 Å². The second-order valence-electron chi connectivity index (χ2n) is 2.52. The van der Waals surface area contributed by atoms with Crippen molar-refractivity contribution in [2.75, 3.05) is 7.11 Å². The van der Waals surface area contributed by atoms with Crippen LogP contribution in [0.25, 0.3) is 10.2 Å². The van der Waals surface area contributed by atoms with Gasteiger partial charge in [0.15, 0.2) is 15.5 Å². The molecule has 0 radical (unpaired) electrons. The van der Waals surface area contributed by atoms with Crippen molar-refractivity contribution in [3.8, 4) is 5.75 Å². The molecular weight excluding hydrogens is 276 g/mol. The van der Waals surface area contributed by atoms with E-state index in [2.05, 4.69) is 20.9 Å². The van der Waals surface area contributed by atoms with Crippen LogP contribution < -0.4 is 4.74 Å². The summed E-state index contributed by atoms with van der Waals surface area (Å²) >= 11 is 4.37. The Morgan fingerprint density at radius 3 is 2.86 bits per heavy atom. The van der Waals surface area contributed by atoms with Gasteiger partial charge in [-0.2, -0.15) is 4.39 Å². The molecule has 1 heterocycles. The molecule has 0 bridgehead atoms. The summed E-state index contributed by atoms with van der Waals surface area (Å²) in [6.07, 6.45) is 0. The van der Waals surface area contributed by atoms with Gasteiger partial charge in [-0.3, -0.25) is 0 Å². The van der Waals surface area contributed by atoms with Crippen LogP contribution in [0.4, 0.5) is 8.78 Å². The number of thiazole rings is 1. The molecule has 2 rings (SSSR count). The maximum absolute atomic E-state index is 13.2. The monoisotopic (exact) mass is 279 g/mol. The first-order chi connectivity index (χ1) is 6.63. The highest BCUT2D eigenvalue weighted by Gasteiger charge is 2.17. The Labute approximate surface area is 90.7 Å². The fraction of sp³-hybridized carbons (Fsp3) is 0.125. The maximum atomic E-state index is 13.2. The highest BCUT2D eigenvalue weighted by atomic mass is 79.9. The van der Waals surface area contributed by atoms with Gasteiger partial charge >= 0.3 is 0 Å². The third-order valence-corrected chi connectivity index (χ3v) is 3.17. The number of halogens is 3. The van der Waals surface area contributed by atoms with Crippen molar-refractivity contribution in [2.45, 2.75) is 0 Å². The summed E-state index contributed by atoms with van der Waals surface area (Å²) in [6, 6.07) is 1.11. The summed E-state index contributed by atoms with van der Waals surface area (Å²) in [7, 11) is 1.28. The van der Waals surface area contributed by atoms with Crippen LogP contribution in [-0.2, 0) is 0 Å². The smallest absolute Gasteiger partial charge is 0.202 e. The molecule has 14 heavy (non-hydrogen) atoms. The van der Waals surface area contributed by atoms with Crippen LogP contribution in [0.15, 0.2) is 9.98 Å². The molecule has 0 aliphatic heterocycles. The highest BCUT2D eigenvalue weighted by molar-refractivity contribution is 9.11. The van der Waals surface area contributed by atoms with Crippen LogP contribution in [0.1, 0.15) is 0 Å². The Bertz CT molecular complexity index is 500. The number of nitrogens with zero attached hydrogens (tertiary/aromatic N) is 1. The van der Waals surface area contributed by atoms with Crippen molar-refractivity contribution in [1.29, 1.82) is 0 Å². The molecule has 1 aromatic carbocycles. The lowest BCUT2D eigenvalue weighted by Gasteiger charge is -2.02. The van der Waals surface area contributed by atoms with E-state index < -0.39 is 11.6 Å². The van der Waals surface area contributed by atoms with E-state index in [1.807, 2.05) is 0 Å². The largest absolute Gasteiger partial charge is 0.491 e. The molecule has 1 aromatic heterocycles. The van der Waals surface area contributed by atoms with Crippen LogP contribution >= 0.6 is 27.3 Å². The second-order valence-corrected chi connectivity index (χ2v) is 4.83. The number of hydrogen-bond acceptors (Lipinski definition) is 3. The number of hydrogen-bond donors (Lipinski definition) is 0. The normalized spacial score (nSPS) is 10.9. The average molecular weight is 280 g/mol. The lowest BCUT2D eigenvalue weighted by Crippen LogP contribution is -1.92. The first-order valence-electron chi connectivity index (χ1n) is 3.61. The number of aromatic nitrogens is 1. The zero-order valence-corrected chi connectivity index (χ0v) is 9.38. The number of fused-ring (bicyclic) bond motifs is 1. The molecule has 0 saturated heterocycles. The molecule has 0 saturated carbocycles. The van der Waals surface area contributed by atoms with Gasteiger partial charge in [0.25, 0.3) is 0 Å². The number of ether oxygens (including phenoxy) is 1. The van der Waals surface area contributed by atoms with Crippen molar-refractivity contribution in [2.24, 2.45) is 0 Å². The zero-order chi connectivity index (χ0) is 10.3. The number of methoxy groups -OCH3 is 1. The molecule has 6 heteroatoms. The Kier molecular flexibility index (Phi) is 2.40. The summed E-state index contributed by atoms with van der Waals surface area (Å²) in [5.74, 6) is -2.08. The molecule has 0 amide bonds. The Morgan fingerprint density at radius 1 is 1.50 bits per heavy atom. The summed E-state index contributed by atoms with van der Waals surface area (Å²) in [4.78, 5) is 3.99. The Morgan fingerprint density at radius 2 is 2.21 bits per heavy atom. The van der Waals surface area contributed by atoms with Gasteiger partial charge in [-0.05, 0) is 22.0 Å². The zero-order valence-electron chi connectivity index (χ0n) is 6.97. The van der Waals surface area contributed by atoms with Gasteiger partial charge in [-0.15, -0.1) is 11.3 Å². The van der Waals surface area contributed by atoms with Gasteiger partial charge in [0, 0.05) is 0 Å². The highest BCUT2D eigenvalue weighted by Crippen LogP contribution is 2.35. The lowest BCUT2D eigenvalue weighted by atomic mass is 10.3. The minimum absolute atomic E-state index is 0.151. The summed E-state index contributed by atoms with van der Waals surface area (Å²) < 4.78 is 32.1. The van der Waals surface area contributed by atoms with E-state index in [1.165, 1.54) is 18.4 Å². The van der Waals surface area contributed by atoms with E-state index in [9.17, 15) is 8.78 Å². The van der Waals surface area contributed by atoms with Crippen molar-refractivity contribution in [3.63, 3.8) is 0 Å². The molecule has 2 aromatic rings. The SMILES string of the molecule is COc1c(F)c(F)cc2sc(Br)nc12. The Hall–Kier alpha value is -0.750. The predicted octanol–water partition coefficient (Wildman–Crippen LogP) is 3.35. The second kappa shape index (κ2) is 3.43. The van der Waals surface area contributed by atoms with Crippen LogP contribution in [0.2, 0.25) is 0 Å². The lowest BCUT2D eigenvalue weighted by molar-refractivity contribution is 0.376. The first kappa shape index (κ1) is 9.79. The van der Waals surface area contributed by atoms with Gasteiger partial charge in [-0.25, -0.2) is 9.37 Å². The Balaban J connectivity index is 2.87. The fourth-order valence-electron chi connectivity index (χ4n) is 1.14. The van der Waals surface area contributed by atoms with Crippen molar-refractivity contribution in [3.05, 3.63) is 21.6 Å². The summed E-state index contributed by atoms with van der Waals surface area (Å²) in [5.41, 5.74) is 0.336. The number of rotatable bonds is 1. The van der Waals surface area contributed by atoms with Crippen molar-refractivity contribution in [1.82, 2.24) is 4.98 Å². The molecular formula is C8H4BrF2NOS. The van der Waals surface area contributed by atoms with Crippen LogP contribution in [0.3, 0.4) is 0 Å². The summed E-state index contributed by atoms with van der Waals surface area (Å²) in [6.45, 7) is 0. The third kappa shape index (κ3) is 1.38. The number of benzene rings is 1. The topological polar surface area (TPSA) is 22.1 Å². The minimum atomic E-state index is -1.00. The molecule has 0 aliphatic carbocycles. The molecule has 2 nitrogen and oxygen atoms in total. The average Bonchev–Trinajstić information content (AvgIpc) is 2.47. The van der Waals surface area contributed by atoms with Gasteiger partial charge in [0.2, 0.25) is 5.82 Å². The van der Waals surface area contributed by atoms with E-state index in [-0.39, 0.29) is 5.75 Å². The molecule has 0 N–H and O–H groups in total. The molecule has 0 aliphatic rings. The van der Waals surface area contributed by atoms with E-state index in [0.717, 1.165) is 6.07 Å². The van der Waals surface area contributed by atoms with E-state index in [1.54, 1.807) is 0 Å². The standard InChI is InChI=1S/C8H4BrF2NOS/c1-13-7-5(11)3(10)2-4-6(7)12-8(9)14-4/h2H,1H3. The van der Waals surface area contributed by atoms with Crippen LogP contribution in [0.5, 0.6) is 5.75 Å². The molecule has 0 atom stereocenters. The molecule has 74 valence electrons. The maximum Gasteiger partial charge on any atom is 0.202 e. The van der Waals surface area contributed by atoms with E-state index >= 15 is 0 Å². The third-order valence-electron chi connectivity index (χ3n) is 1.71. The fourth-order valence-corrected chi connectivity index (χ4v) is 2.56. The van der Waals surface area contributed by atoms with Crippen molar-refractivity contribution >= 4 is 37.5 Å². The molecule has 0 unspecified atom stereocenters. The molecule has 0 spiro atoms.